The van der Waals surface area contributed by atoms with Crippen LogP contribution in [0, 0.1) is 0 Å². The summed E-state index contributed by atoms with van der Waals surface area (Å²) in [5, 5.41) is 0. The molecule has 0 radical (unpaired) electrons. The first-order valence-electron chi connectivity index (χ1n) is 1.78. The number of Topliss-reactive ketones (excluding diaryl/α,β-unsaturated/α-hetero) is 1. The second-order valence-corrected chi connectivity index (χ2v) is 0.908. The van der Waals surface area contributed by atoms with Crippen LogP contribution in [0.4, 0.5) is 0 Å². The molecule has 0 aliphatic carbocycles. The summed E-state index contributed by atoms with van der Waals surface area (Å²) in [6.45, 7) is 3.06. The van der Waals surface area contributed by atoms with Gasteiger partial charge in [0.1, 0.15) is 5.78 Å². The fourth-order valence-electron chi connectivity index (χ4n) is 0. The summed E-state index contributed by atoms with van der Waals surface area (Å²) in [5.74, 6) is 0.167. The maximum atomic E-state index is 9.44. The van der Waals surface area contributed by atoms with Gasteiger partial charge in [0.15, 0.2) is 0 Å². The van der Waals surface area contributed by atoms with E-state index in [4.69, 9.17) is 0 Å². The fourth-order valence-corrected chi connectivity index (χ4v) is 0. The molecule has 0 unspecified atom stereocenters. The first kappa shape index (κ1) is 15.8. The maximum absolute atomic E-state index is 9.44. The predicted molar refractivity (Wildman–Crippen MR) is 33.7 cm³/mol. The Morgan fingerprint density at radius 1 is 1.29 bits per heavy atom. The fraction of sp³-hybridized carbons (Fsp3) is 0.750. The van der Waals surface area contributed by atoms with Crippen LogP contribution in [0.15, 0.2) is 0 Å². The van der Waals surface area contributed by atoms with Gasteiger partial charge in [-0.15, -0.1) is 12.4 Å². The summed E-state index contributed by atoms with van der Waals surface area (Å²) in [5.41, 5.74) is 4.50. The molecule has 0 aliphatic rings. The number of rotatable bonds is 0. The molecule has 0 spiro atoms. The summed E-state index contributed by atoms with van der Waals surface area (Å²) in [6.07, 6.45) is 0. The van der Waals surface area contributed by atoms with Gasteiger partial charge in [0, 0.05) is 0 Å². The maximum Gasteiger partial charge on any atom is 0.126 e. The summed E-state index contributed by atoms with van der Waals surface area (Å²) in [4.78, 5) is 9.44. The molecular weight excluding hydrogens is 114 g/mol. The van der Waals surface area contributed by atoms with Crippen molar-refractivity contribution in [2.75, 3.05) is 7.05 Å². The molecule has 0 aromatic carbocycles. The van der Waals surface area contributed by atoms with Crippen LogP contribution in [0.1, 0.15) is 13.8 Å². The molecule has 0 amide bonds. The Morgan fingerprint density at radius 2 is 1.29 bits per heavy atom. The third kappa shape index (κ3) is 14200. The third-order valence-electron chi connectivity index (χ3n) is 0. The summed E-state index contributed by atoms with van der Waals surface area (Å²) in [6, 6.07) is 0. The number of carbonyl (C=O) groups is 1. The van der Waals surface area contributed by atoms with E-state index in [9.17, 15) is 4.79 Å². The van der Waals surface area contributed by atoms with Crippen molar-refractivity contribution in [2.45, 2.75) is 13.8 Å². The molecule has 3 heteroatoms. The first-order valence-corrected chi connectivity index (χ1v) is 1.78. The van der Waals surface area contributed by atoms with E-state index in [-0.39, 0.29) is 18.2 Å². The van der Waals surface area contributed by atoms with Crippen molar-refractivity contribution in [1.82, 2.24) is 0 Å². The van der Waals surface area contributed by atoms with Gasteiger partial charge < -0.3 is 10.5 Å². The molecule has 0 aliphatic heterocycles. The molecule has 7 heavy (non-hydrogen) atoms. The first-order chi connectivity index (χ1) is 2.73. The zero-order valence-corrected chi connectivity index (χ0v) is 5.71. The van der Waals surface area contributed by atoms with Gasteiger partial charge in [-0.25, -0.2) is 0 Å². The van der Waals surface area contributed by atoms with Gasteiger partial charge in [0.05, 0.1) is 0 Å². The van der Waals surface area contributed by atoms with Crippen molar-refractivity contribution in [2.24, 2.45) is 5.73 Å². The second kappa shape index (κ2) is 16.8. The highest BCUT2D eigenvalue weighted by atomic mass is 35.5. The number of hydrogen-bond acceptors (Lipinski definition) is 2. The Labute approximate surface area is 50.5 Å². The van der Waals surface area contributed by atoms with Gasteiger partial charge in [-0.05, 0) is 20.9 Å². The summed E-state index contributed by atoms with van der Waals surface area (Å²) in [7, 11) is 1.50. The number of nitrogens with two attached hydrogens (primary N) is 1. The lowest BCUT2D eigenvalue weighted by molar-refractivity contribution is -0.114. The largest absolute Gasteiger partial charge is 0.333 e. The van der Waals surface area contributed by atoms with Crippen molar-refractivity contribution in [3.63, 3.8) is 0 Å². The van der Waals surface area contributed by atoms with Crippen molar-refractivity contribution < 1.29 is 4.79 Å². The van der Waals surface area contributed by atoms with Gasteiger partial charge in [0.2, 0.25) is 0 Å². The van der Waals surface area contributed by atoms with Crippen LogP contribution >= 0.6 is 12.4 Å². The molecule has 0 saturated heterocycles. The Morgan fingerprint density at radius 3 is 1.29 bits per heavy atom. The molecule has 0 fully saturated rings. The van der Waals surface area contributed by atoms with Gasteiger partial charge in [-0.3, -0.25) is 0 Å². The molecule has 0 bridgehead atoms. The lowest BCUT2D eigenvalue weighted by atomic mass is 10.6. The minimum Gasteiger partial charge on any atom is -0.333 e. The molecule has 46 valence electrons. The summed E-state index contributed by atoms with van der Waals surface area (Å²) < 4.78 is 0. The van der Waals surface area contributed by atoms with E-state index in [1.54, 1.807) is 0 Å². The molecule has 0 aromatic heterocycles. The minimum absolute atomic E-state index is 0. The van der Waals surface area contributed by atoms with E-state index in [1.165, 1.54) is 20.9 Å². The zero-order chi connectivity index (χ0) is 5.58. The van der Waals surface area contributed by atoms with Gasteiger partial charge in [0.25, 0.3) is 0 Å². The molecule has 0 saturated carbocycles. The lowest BCUT2D eigenvalue weighted by Crippen LogP contribution is -1.69. The van der Waals surface area contributed by atoms with E-state index in [0.717, 1.165) is 0 Å². The molecule has 0 heterocycles. The van der Waals surface area contributed by atoms with E-state index < -0.39 is 0 Å². The Hall–Kier alpha value is -0.0800. The number of carbonyl (C=O) groups excluding carboxylic acids is 1. The Kier molecular flexibility index (Phi) is 37.9. The highest BCUT2D eigenvalue weighted by Crippen LogP contribution is 1.50. The second-order valence-electron chi connectivity index (χ2n) is 0.908. The standard InChI is InChI=1S/C3H6O.CH5N.ClH/c1-3(2)4;1-2;/h1-2H3;2H2,1H3;1H. The van der Waals surface area contributed by atoms with E-state index in [1.807, 2.05) is 0 Å². The van der Waals surface area contributed by atoms with Crippen LogP contribution in [-0.4, -0.2) is 12.8 Å². The molecule has 2 nitrogen and oxygen atoms in total. The third-order valence-corrected chi connectivity index (χ3v) is 0. The molecule has 0 atom stereocenters. The van der Waals surface area contributed by atoms with Crippen LogP contribution in [0.3, 0.4) is 0 Å². The lowest BCUT2D eigenvalue weighted by Gasteiger charge is -1.56. The van der Waals surface area contributed by atoms with Crippen molar-refractivity contribution in [1.29, 1.82) is 0 Å². The smallest absolute Gasteiger partial charge is 0.126 e. The molecular formula is C4H12ClNO. The molecule has 2 N–H and O–H groups in total. The number of halogens is 1. The SMILES string of the molecule is CC(C)=O.CN.Cl. The number of ketones is 1. The number of hydrogen-bond donors (Lipinski definition) is 1. The topological polar surface area (TPSA) is 43.1 Å². The Balaban J connectivity index is -0.0000000480. The Bertz CT molecular complexity index is 34.7. The minimum atomic E-state index is 0. The normalized spacial score (nSPS) is 4.57. The van der Waals surface area contributed by atoms with Gasteiger partial charge >= 0.3 is 0 Å². The van der Waals surface area contributed by atoms with Crippen molar-refractivity contribution in [3.8, 4) is 0 Å². The molecule has 0 rings (SSSR count). The van der Waals surface area contributed by atoms with Crippen molar-refractivity contribution in [3.05, 3.63) is 0 Å². The van der Waals surface area contributed by atoms with Crippen LogP contribution < -0.4 is 5.73 Å². The summed E-state index contributed by atoms with van der Waals surface area (Å²) >= 11 is 0. The van der Waals surface area contributed by atoms with Crippen LogP contribution in [0.25, 0.3) is 0 Å². The average molecular weight is 126 g/mol. The van der Waals surface area contributed by atoms with Crippen molar-refractivity contribution >= 4 is 18.2 Å². The van der Waals surface area contributed by atoms with E-state index >= 15 is 0 Å². The monoisotopic (exact) mass is 125 g/mol. The molecule has 0 aromatic rings. The van der Waals surface area contributed by atoms with Crippen LogP contribution in [-0.2, 0) is 4.79 Å². The average Bonchev–Trinajstić information content (AvgIpc) is 1.41. The highest BCUT2D eigenvalue weighted by molar-refractivity contribution is 5.85. The van der Waals surface area contributed by atoms with Crippen LogP contribution in [0.5, 0.6) is 0 Å². The van der Waals surface area contributed by atoms with E-state index in [0.29, 0.717) is 0 Å². The van der Waals surface area contributed by atoms with Gasteiger partial charge in [-0.2, -0.15) is 0 Å². The predicted octanol–water partition coefficient (Wildman–Crippen LogP) is 0.592. The van der Waals surface area contributed by atoms with Crippen LogP contribution in [0.2, 0.25) is 0 Å². The van der Waals surface area contributed by atoms with E-state index in [2.05, 4.69) is 5.73 Å². The highest BCUT2D eigenvalue weighted by Gasteiger charge is 1.62. The quantitative estimate of drug-likeness (QED) is 0.515. The zero-order valence-electron chi connectivity index (χ0n) is 4.89. The van der Waals surface area contributed by atoms with Gasteiger partial charge in [-0.1, -0.05) is 0 Å².